The summed E-state index contributed by atoms with van der Waals surface area (Å²) in [5.41, 5.74) is 23.4. The van der Waals surface area contributed by atoms with Crippen molar-refractivity contribution in [2.45, 2.75) is 59.3 Å². The van der Waals surface area contributed by atoms with E-state index in [1.807, 2.05) is 0 Å². The number of allylic oxidation sites excluding steroid dienone is 9. The van der Waals surface area contributed by atoms with Gasteiger partial charge in [0.1, 0.15) is 0 Å². The molecule has 0 heteroatoms. The van der Waals surface area contributed by atoms with Gasteiger partial charge in [-0.25, -0.2) is 0 Å². The number of fused-ring (bicyclic) bond motifs is 6. The van der Waals surface area contributed by atoms with Gasteiger partial charge in [-0.05, 0) is 143 Å². The molecule has 0 fully saturated rings. The fraction of sp³-hybridized carbons (Fsp3) is 0.179. The van der Waals surface area contributed by atoms with Crippen molar-refractivity contribution < 1.29 is 0 Å². The third-order valence-electron chi connectivity index (χ3n) is 12.9. The molecule has 3 aliphatic carbocycles. The molecular weight excluding hydrogens is 673 g/mol. The molecule has 0 nitrogen and oxygen atoms in total. The second kappa shape index (κ2) is 13.3. The molecule has 0 aromatic heterocycles. The third kappa shape index (κ3) is 5.12. The summed E-state index contributed by atoms with van der Waals surface area (Å²) in [7, 11) is 0. The van der Waals surface area contributed by atoms with Crippen LogP contribution in [0.25, 0.3) is 33.4 Å². The summed E-state index contributed by atoms with van der Waals surface area (Å²) in [5, 5.41) is 0. The van der Waals surface area contributed by atoms with Crippen LogP contribution < -0.4 is 0 Å². The summed E-state index contributed by atoms with van der Waals surface area (Å²) in [5.74, 6) is 0.303. The van der Waals surface area contributed by atoms with Gasteiger partial charge in [0.15, 0.2) is 0 Å². The van der Waals surface area contributed by atoms with Crippen molar-refractivity contribution in [1.29, 1.82) is 0 Å². The van der Waals surface area contributed by atoms with Gasteiger partial charge < -0.3 is 0 Å². The van der Waals surface area contributed by atoms with Crippen LogP contribution in [0.5, 0.6) is 0 Å². The lowest BCUT2D eigenvalue weighted by molar-refractivity contribution is 0.745. The van der Waals surface area contributed by atoms with Crippen molar-refractivity contribution in [3.63, 3.8) is 0 Å². The van der Waals surface area contributed by atoms with E-state index in [9.17, 15) is 0 Å². The molecule has 0 amide bonds. The van der Waals surface area contributed by atoms with E-state index in [0.29, 0.717) is 5.92 Å². The molecule has 6 aromatic carbocycles. The Balaban J connectivity index is 1.33. The minimum Gasteiger partial charge on any atom is -0.0952 e. The molecule has 2 unspecified atom stereocenters. The number of hydrogen-bond donors (Lipinski definition) is 0. The Morgan fingerprint density at radius 2 is 1.00 bits per heavy atom. The second-order valence-electron chi connectivity index (χ2n) is 16.4. The van der Waals surface area contributed by atoms with E-state index in [4.69, 9.17) is 0 Å². The molecule has 56 heavy (non-hydrogen) atoms. The number of benzene rings is 6. The number of aryl methyl sites for hydroxylation is 4. The summed E-state index contributed by atoms with van der Waals surface area (Å²) < 4.78 is 0. The predicted octanol–water partition coefficient (Wildman–Crippen LogP) is 14.4. The van der Waals surface area contributed by atoms with Gasteiger partial charge in [0, 0.05) is 0 Å². The first kappa shape index (κ1) is 35.7. The van der Waals surface area contributed by atoms with E-state index in [1.54, 1.807) is 0 Å². The van der Waals surface area contributed by atoms with Gasteiger partial charge in [0.05, 0.1) is 10.8 Å². The molecule has 2 atom stereocenters. The van der Waals surface area contributed by atoms with Gasteiger partial charge >= 0.3 is 0 Å². The Labute approximate surface area is 334 Å². The first-order valence-corrected chi connectivity index (χ1v) is 20.2. The van der Waals surface area contributed by atoms with Crippen molar-refractivity contribution in [3.8, 4) is 33.4 Å². The minimum absolute atomic E-state index is 0.303. The lowest BCUT2D eigenvalue weighted by Crippen LogP contribution is -2.30. The second-order valence-corrected chi connectivity index (χ2v) is 16.4. The van der Waals surface area contributed by atoms with Crippen LogP contribution >= 0.6 is 0 Å². The standard InChI is InChI=1S/C56H50/c1-9-11-43(10-2)55(46-25-18-39(7)40(8)32-46)51-30-37(5)16-26-47(51)49-28-19-41(33-53(49)55)42-20-29-50-48-27-17-38(6)31-52(48)56(54(50)34-42,44-21-12-35(3)13-22-44)45-23-14-36(4)15-24-45/h9-34,39H,8H2,1-7H3/b11-9-,43-10+. The molecule has 0 heterocycles. The summed E-state index contributed by atoms with van der Waals surface area (Å²) >= 11 is 0. The van der Waals surface area contributed by atoms with Gasteiger partial charge in [-0.1, -0.05) is 181 Å². The molecule has 6 aromatic rings. The lowest BCUT2D eigenvalue weighted by Gasteiger charge is -2.37. The average Bonchev–Trinajstić information content (AvgIpc) is 3.65. The molecule has 274 valence electrons. The van der Waals surface area contributed by atoms with Crippen molar-refractivity contribution in [2.75, 3.05) is 0 Å². The van der Waals surface area contributed by atoms with Crippen LogP contribution in [-0.2, 0) is 10.8 Å². The van der Waals surface area contributed by atoms with Crippen LogP contribution in [0.15, 0.2) is 181 Å². The van der Waals surface area contributed by atoms with E-state index < -0.39 is 10.8 Å². The first-order chi connectivity index (χ1) is 27.1. The molecule has 9 rings (SSSR count). The molecule has 0 N–H and O–H groups in total. The van der Waals surface area contributed by atoms with Crippen molar-refractivity contribution in [1.82, 2.24) is 0 Å². The zero-order valence-corrected chi connectivity index (χ0v) is 33.8. The highest BCUT2D eigenvalue weighted by Crippen LogP contribution is 2.60. The van der Waals surface area contributed by atoms with Crippen LogP contribution in [0, 0.1) is 33.6 Å². The van der Waals surface area contributed by atoms with Gasteiger partial charge in [-0.2, -0.15) is 0 Å². The van der Waals surface area contributed by atoms with Gasteiger partial charge in [0.25, 0.3) is 0 Å². The summed E-state index contributed by atoms with van der Waals surface area (Å²) in [6.45, 7) is 19.9. The summed E-state index contributed by atoms with van der Waals surface area (Å²) in [4.78, 5) is 0. The van der Waals surface area contributed by atoms with Gasteiger partial charge in [-0.15, -0.1) is 0 Å². The van der Waals surface area contributed by atoms with Crippen molar-refractivity contribution in [2.24, 2.45) is 5.92 Å². The van der Waals surface area contributed by atoms with Gasteiger partial charge in [0.2, 0.25) is 0 Å². The van der Waals surface area contributed by atoms with Crippen LogP contribution in [0.3, 0.4) is 0 Å². The van der Waals surface area contributed by atoms with E-state index in [-0.39, 0.29) is 0 Å². The zero-order chi connectivity index (χ0) is 38.9. The van der Waals surface area contributed by atoms with Crippen LogP contribution in [0.1, 0.15) is 76.4 Å². The zero-order valence-electron chi connectivity index (χ0n) is 33.8. The largest absolute Gasteiger partial charge is 0.0952 e. The molecule has 3 aliphatic rings. The molecular formula is C56H50. The SMILES string of the molecule is C=C1C=C(C2(C(/C=C\C)=C/C)c3cc(C)ccc3-c3ccc(-c4ccc5c(c4)C(c4ccc(C)cc4)(c4ccc(C)cc4)c4cc(C)ccc4-5)cc32)C=CC1C. The smallest absolute Gasteiger partial charge is 0.0713 e. The van der Waals surface area contributed by atoms with E-state index in [1.165, 1.54) is 100 Å². The minimum atomic E-state index is -0.494. The average molecular weight is 723 g/mol. The molecule has 0 saturated carbocycles. The number of rotatable bonds is 6. The highest BCUT2D eigenvalue weighted by atomic mass is 14.5. The van der Waals surface area contributed by atoms with Crippen molar-refractivity contribution >= 4 is 0 Å². The van der Waals surface area contributed by atoms with Crippen molar-refractivity contribution in [3.05, 3.63) is 237 Å². The Kier molecular flexibility index (Phi) is 8.51. The molecule has 0 spiro atoms. The predicted molar refractivity (Wildman–Crippen MR) is 238 cm³/mol. The Morgan fingerprint density at radius 3 is 1.52 bits per heavy atom. The molecule has 0 aliphatic heterocycles. The Morgan fingerprint density at radius 1 is 0.554 bits per heavy atom. The fourth-order valence-corrected chi connectivity index (χ4v) is 10.0. The van der Waals surface area contributed by atoms with Crippen LogP contribution in [0.2, 0.25) is 0 Å². The maximum absolute atomic E-state index is 4.54. The van der Waals surface area contributed by atoms with Crippen LogP contribution in [-0.4, -0.2) is 0 Å². The topological polar surface area (TPSA) is 0 Å². The highest BCUT2D eigenvalue weighted by molar-refractivity contribution is 5.92. The molecule has 0 radical (unpaired) electrons. The Bertz CT molecular complexity index is 2660. The normalized spacial score (nSPS) is 19.1. The molecule has 0 saturated heterocycles. The fourth-order valence-electron chi connectivity index (χ4n) is 10.0. The monoisotopic (exact) mass is 722 g/mol. The highest BCUT2D eigenvalue weighted by Gasteiger charge is 2.49. The quantitative estimate of drug-likeness (QED) is 0.150. The maximum atomic E-state index is 4.54. The lowest BCUT2D eigenvalue weighted by atomic mass is 9.64. The molecule has 0 bridgehead atoms. The third-order valence-corrected chi connectivity index (χ3v) is 12.9. The van der Waals surface area contributed by atoms with E-state index >= 15 is 0 Å². The Hall–Kier alpha value is -5.98. The van der Waals surface area contributed by atoms with E-state index in [0.717, 1.165) is 5.57 Å². The summed E-state index contributed by atoms with van der Waals surface area (Å²) in [6, 6.07) is 47.0. The van der Waals surface area contributed by atoms with Gasteiger partial charge in [-0.3, -0.25) is 0 Å². The first-order valence-electron chi connectivity index (χ1n) is 20.2. The summed E-state index contributed by atoms with van der Waals surface area (Å²) in [6.07, 6.45) is 13.9. The van der Waals surface area contributed by atoms with Crippen LogP contribution in [0.4, 0.5) is 0 Å². The van der Waals surface area contributed by atoms with E-state index in [2.05, 4.69) is 213 Å². The number of hydrogen-bond acceptors (Lipinski definition) is 0. The maximum Gasteiger partial charge on any atom is 0.0713 e.